The van der Waals surface area contributed by atoms with Crippen LogP contribution >= 0.6 is 11.3 Å². The zero-order valence-electron chi connectivity index (χ0n) is 5.05. The number of rotatable bonds is 2. The standard InChI is InChI=1S/C8H7S/c1-2-3-5-8-6-4-7-9-8/h4,6-7H,3,5H2. The molecule has 0 aliphatic heterocycles. The number of aryl methyl sites for hydroxylation is 1. The highest BCUT2D eigenvalue weighted by atomic mass is 32.1. The highest BCUT2D eigenvalue weighted by Gasteiger charge is 1.88. The van der Waals surface area contributed by atoms with Crippen LogP contribution in [0.1, 0.15) is 11.3 Å². The van der Waals surface area contributed by atoms with Gasteiger partial charge in [0, 0.05) is 11.3 Å². The molecule has 0 fully saturated rings. The van der Waals surface area contributed by atoms with Gasteiger partial charge in [-0.15, -0.1) is 11.3 Å². The van der Waals surface area contributed by atoms with Gasteiger partial charge in [-0.1, -0.05) is 12.0 Å². The first-order chi connectivity index (χ1) is 4.43. The Labute approximate surface area is 59.5 Å². The molecule has 0 unspecified atom stereocenters. The van der Waals surface area contributed by atoms with Gasteiger partial charge in [-0.3, -0.25) is 0 Å². The van der Waals surface area contributed by atoms with Crippen molar-refractivity contribution in [1.29, 1.82) is 0 Å². The van der Waals surface area contributed by atoms with E-state index in [0.717, 1.165) is 12.8 Å². The lowest BCUT2D eigenvalue weighted by molar-refractivity contribution is 1.06. The molecule has 0 atom stereocenters. The summed E-state index contributed by atoms with van der Waals surface area (Å²) >= 11 is 1.74. The number of hydrogen-bond acceptors (Lipinski definition) is 1. The molecule has 0 amide bonds. The normalized spacial score (nSPS) is 8.78. The molecule has 0 bridgehead atoms. The van der Waals surface area contributed by atoms with Gasteiger partial charge in [-0.05, 0) is 24.3 Å². The summed E-state index contributed by atoms with van der Waals surface area (Å²) in [5, 5.41) is 2.05. The molecule has 0 aromatic carbocycles. The van der Waals surface area contributed by atoms with E-state index in [1.165, 1.54) is 4.88 Å². The first-order valence-electron chi connectivity index (χ1n) is 2.85. The van der Waals surface area contributed by atoms with Crippen molar-refractivity contribution in [1.82, 2.24) is 0 Å². The maximum Gasteiger partial charge on any atom is 0.0147 e. The van der Waals surface area contributed by atoms with Crippen molar-refractivity contribution in [3.63, 3.8) is 0 Å². The van der Waals surface area contributed by atoms with Crippen LogP contribution in [0, 0.1) is 12.3 Å². The third kappa shape index (κ3) is 1.91. The summed E-state index contributed by atoms with van der Waals surface area (Å²) in [6, 6.07) is 4.12. The predicted octanol–water partition coefficient (Wildman–Crippen LogP) is 2.27. The van der Waals surface area contributed by atoms with Crippen LogP contribution < -0.4 is 0 Å². The summed E-state index contributed by atoms with van der Waals surface area (Å²) in [5.41, 5.74) is 0. The predicted molar refractivity (Wildman–Crippen MR) is 39.8 cm³/mol. The number of hydrogen-bond donors (Lipinski definition) is 0. The van der Waals surface area contributed by atoms with Gasteiger partial charge >= 0.3 is 0 Å². The molecule has 1 heteroatoms. The fraction of sp³-hybridized carbons (Fsp3) is 0.250. The zero-order chi connectivity index (χ0) is 6.53. The smallest absolute Gasteiger partial charge is 0.0147 e. The highest BCUT2D eigenvalue weighted by molar-refractivity contribution is 7.09. The number of thiophene rings is 1. The molecule has 1 aromatic rings. The SMILES string of the molecule is [C]#CCCc1cccs1. The van der Waals surface area contributed by atoms with E-state index in [-0.39, 0.29) is 0 Å². The Morgan fingerprint density at radius 3 is 3.11 bits per heavy atom. The van der Waals surface area contributed by atoms with Crippen molar-refractivity contribution < 1.29 is 0 Å². The van der Waals surface area contributed by atoms with E-state index < -0.39 is 0 Å². The minimum atomic E-state index is 0.751. The molecule has 45 valence electrons. The maximum atomic E-state index is 6.66. The highest BCUT2D eigenvalue weighted by Crippen LogP contribution is 2.09. The summed E-state index contributed by atoms with van der Waals surface area (Å²) in [4.78, 5) is 1.34. The Morgan fingerprint density at radius 2 is 2.56 bits per heavy atom. The van der Waals surface area contributed by atoms with Crippen molar-refractivity contribution in [2.45, 2.75) is 12.8 Å². The van der Waals surface area contributed by atoms with Crippen LogP contribution in [0.4, 0.5) is 0 Å². The monoisotopic (exact) mass is 135 g/mol. The maximum absolute atomic E-state index is 6.66. The summed E-state index contributed by atoms with van der Waals surface area (Å²) in [6.07, 6.45) is 8.38. The fourth-order valence-corrected chi connectivity index (χ4v) is 1.35. The van der Waals surface area contributed by atoms with Gasteiger partial charge in [0.1, 0.15) is 0 Å². The van der Waals surface area contributed by atoms with Gasteiger partial charge in [-0.2, -0.15) is 0 Å². The van der Waals surface area contributed by atoms with Gasteiger partial charge < -0.3 is 0 Å². The molecule has 0 nitrogen and oxygen atoms in total. The van der Waals surface area contributed by atoms with Crippen molar-refractivity contribution >= 4 is 11.3 Å². The largest absolute Gasteiger partial charge is 0.149 e. The fourth-order valence-electron chi connectivity index (χ4n) is 0.641. The Balaban J connectivity index is 2.41. The van der Waals surface area contributed by atoms with Crippen LogP contribution in [-0.2, 0) is 6.42 Å². The summed E-state index contributed by atoms with van der Waals surface area (Å²) in [6.45, 7) is 0. The lowest BCUT2D eigenvalue weighted by atomic mass is 10.3. The van der Waals surface area contributed by atoms with Crippen molar-refractivity contribution in [3.05, 3.63) is 28.8 Å². The summed E-state index contributed by atoms with van der Waals surface area (Å²) in [7, 11) is 0. The Morgan fingerprint density at radius 1 is 1.67 bits per heavy atom. The van der Waals surface area contributed by atoms with Crippen molar-refractivity contribution in [2.75, 3.05) is 0 Å². The van der Waals surface area contributed by atoms with Crippen LogP contribution in [0.3, 0.4) is 0 Å². The zero-order valence-corrected chi connectivity index (χ0v) is 5.87. The van der Waals surface area contributed by atoms with Crippen molar-refractivity contribution in [2.24, 2.45) is 0 Å². The lowest BCUT2D eigenvalue weighted by Gasteiger charge is -1.85. The van der Waals surface area contributed by atoms with Crippen molar-refractivity contribution in [3.8, 4) is 5.92 Å². The summed E-state index contributed by atoms with van der Waals surface area (Å²) in [5.74, 6) is 2.36. The van der Waals surface area contributed by atoms with E-state index in [4.69, 9.17) is 6.42 Å². The Bertz CT molecular complexity index is 191. The molecule has 0 saturated carbocycles. The third-order valence-corrected chi connectivity index (χ3v) is 2.01. The van der Waals surface area contributed by atoms with E-state index in [2.05, 4.69) is 17.4 Å². The molecule has 9 heavy (non-hydrogen) atoms. The quantitative estimate of drug-likeness (QED) is 0.546. The molecule has 1 heterocycles. The van der Waals surface area contributed by atoms with Crippen LogP contribution in [-0.4, -0.2) is 0 Å². The Hall–Kier alpha value is -0.740. The minimum Gasteiger partial charge on any atom is -0.149 e. The topological polar surface area (TPSA) is 0 Å². The van der Waals surface area contributed by atoms with Gasteiger partial charge in [0.05, 0.1) is 0 Å². The van der Waals surface area contributed by atoms with Crippen LogP contribution in [0.15, 0.2) is 17.5 Å². The van der Waals surface area contributed by atoms with Crippen LogP contribution in [0.5, 0.6) is 0 Å². The second kappa shape index (κ2) is 3.32. The van der Waals surface area contributed by atoms with E-state index in [9.17, 15) is 0 Å². The molecule has 1 aromatic heterocycles. The van der Waals surface area contributed by atoms with Gasteiger partial charge in [0.25, 0.3) is 0 Å². The van der Waals surface area contributed by atoms with Crippen LogP contribution in [0.25, 0.3) is 0 Å². The molecular formula is C8H7S. The molecule has 1 radical (unpaired) electrons. The molecule has 0 saturated heterocycles. The van der Waals surface area contributed by atoms with Gasteiger partial charge in [-0.25, -0.2) is 0 Å². The van der Waals surface area contributed by atoms with E-state index in [1.807, 2.05) is 6.07 Å². The van der Waals surface area contributed by atoms with Gasteiger partial charge in [0.2, 0.25) is 0 Å². The molecule has 0 N–H and O–H groups in total. The first-order valence-corrected chi connectivity index (χ1v) is 3.73. The third-order valence-electron chi connectivity index (χ3n) is 1.08. The minimum absolute atomic E-state index is 0.751. The molecule has 1 rings (SSSR count). The summed E-state index contributed by atoms with van der Waals surface area (Å²) < 4.78 is 0. The van der Waals surface area contributed by atoms with E-state index in [1.54, 1.807) is 11.3 Å². The Kier molecular flexibility index (Phi) is 2.35. The molecule has 0 aliphatic rings. The molecular weight excluding hydrogens is 128 g/mol. The first kappa shape index (κ1) is 6.38. The average Bonchev–Trinajstić information content (AvgIpc) is 2.34. The van der Waals surface area contributed by atoms with Crippen LogP contribution in [0.2, 0.25) is 0 Å². The molecule has 0 aliphatic carbocycles. The molecule has 0 spiro atoms. The second-order valence-corrected chi connectivity index (χ2v) is 2.79. The van der Waals surface area contributed by atoms with Gasteiger partial charge in [0.15, 0.2) is 0 Å². The van der Waals surface area contributed by atoms with E-state index >= 15 is 0 Å². The van der Waals surface area contributed by atoms with E-state index in [0.29, 0.717) is 0 Å². The lowest BCUT2D eigenvalue weighted by Crippen LogP contribution is -1.73. The average molecular weight is 135 g/mol. The second-order valence-electron chi connectivity index (χ2n) is 1.76.